The number of nitrogens with zero attached hydrogens (tertiary/aromatic N) is 3. The third-order valence-corrected chi connectivity index (χ3v) is 1.60. The molecule has 0 aromatic carbocycles. The van der Waals surface area contributed by atoms with Crippen LogP contribution in [0.3, 0.4) is 0 Å². The maximum absolute atomic E-state index is 4.16. The number of hydrogen-bond acceptors (Lipinski definition) is 3. The Bertz CT molecular complexity index is 218. The van der Waals surface area contributed by atoms with Crippen LogP contribution < -0.4 is 5.32 Å². The Hall–Kier alpha value is -0.900. The summed E-state index contributed by atoms with van der Waals surface area (Å²) in [6, 6.07) is 0.441. The molecule has 0 radical (unpaired) electrons. The van der Waals surface area contributed by atoms with E-state index in [1.807, 2.05) is 18.7 Å². The zero-order valence-electron chi connectivity index (χ0n) is 7.20. The molecule has 0 fully saturated rings. The fourth-order valence-electron chi connectivity index (χ4n) is 0.848. The molecule has 1 N–H and O–H groups in total. The lowest BCUT2D eigenvalue weighted by Crippen LogP contribution is -2.26. The molecule has 1 heterocycles. The first-order valence-electron chi connectivity index (χ1n) is 3.75. The fourth-order valence-corrected chi connectivity index (χ4v) is 0.848. The van der Waals surface area contributed by atoms with Crippen LogP contribution in [0, 0.1) is 6.92 Å². The van der Waals surface area contributed by atoms with E-state index in [0.717, 1.165) is 12.4 Å². The molecule has 1 atom stereocenters. The molecule has 62 valence electrons. The van der Waals surface area contributed by atoms with Crippen LogP contribution in [0.4, 0.5) is 0 Å². The third-order valence-electron chi connectivity index (χ3n) is 1.60. The van der Waals surface area contributed by atoms with Gasteiger partial charge >= 0.3 is 0 Å². The van der Waals surface area contributed by atoms with Crippen molar-refractivity contribution in [2.45, 2.75) is 26.4 Å². The second kappa shape index (κ2) is 3.48. The van der Waals surface area contributed by atoms with Gasteiger partial charge in [0.2, 0.25) is 0 Å². The fraction of sp³-hybridized carbons (Fsp3) is 0.714. The molecule has 0 saturated carbocycles. The Balaban J connectivity index is 2.50. The van der Waals surface area contributed by atoms with E-state index >= 15 is 0 Å². The van der Waals surface area contributed by atoms with Crippen LogP contribution in [-0.4, -0.2) is 27.9 Å². The average Bonchev–Trinajstić information content (AvgIpc) is 2.35. The largest absolute Gasteiger partial charge is 0.315 e. The van der Waals surface area contributed by atoms with Gasteiger partial charge in [0.05, 0.1) is 6.54 Å². The molecule has 0 aliphatic carbocycles. The number of hydrogen-bond donors (Lipinski definition) is 1. The Morgan fingerprint density at radius 3 is 2.91 bits per heavy atom. The van der Waals surface area contributed by atoms with Gasteiger partial charge in [-0.3, -0.25) is 4.68 Å². The zero-order valence-corrected chi connectivity index (χ0v) is 7.20. The van der Waals surface area contributed by atoms with Crippen LogP contribution in [0.1, 0.15) is 12.7 Å². The maximum Gasteiger partial charge on any atom is 0.147 e. The highest BCUT2D eigenvalue weighted by molar-refractivity contribution is 4.75. The summed E-state index contributed by atoms with van der Waals surface area (Å²) in [6.45, 7) is 4.87. The monoisotopic (exact) mass is 154 g/mol. The lowest BCUT2D eigenvalue weighted by molar-refractivity contribution is 0.479. The molecule has 0 spiro atoms. The molecule has 1 aromatic heterocycles. The molecule has 4 heteroatoms. The van der Waals surface area contributed by atoms with E-state index in [4.69, 9.17) is 0 Å². The molecular formula is C7H14N4. The topological polar surface area (TPSA) is 42.7 Å². The van der Waals surface area contributed by atoms with Gasteiger partial charge in [-0.2, -0.15) is 5.10 Å². The van der Waals surface area contributed by atoms with Gasteiger partial charge in [0.1, 0.15) is 12.2 Å². The number of rotatable bonds is 3. The van der Waals surface area contributed by atoms with E-state index in [9.17, 15) is 0 Å². The summed E-state index contributed by atoms with van der Waals surface area (Å²) >= 11 is 0. The van der Waals surface area contributed by atoms with Crippen molar-refractivity contribution in [2.75, 3.05) is 7.05 Å². The lowest BCUT2D eigenvalue weighted by atomic mass is 10.3. The molecule has 4 nitrogen and oxygen atoms in total. The highest BCUT2D eigenvalue weighted by Gasteiger charge is 2.00. The lowest BCUT2D eigenvalue weighted by Gasteiger charge is -2.08. The minimum absolute atomic E-state index is 0.441. The SMILES string of the molecule is CNC(C)Cn1cnc(C)n1. The van der Waals surface area contributed by atoms with E-state index in [0.29, 0.717) is 6.04 Å². The number of likely N-dealkylation sites (N-methyl/N-ethyl adjacent to an activating group) is 1. The van der Waals surface area contributed by atoms with Crippen molar-refractivity contribution in [3.63, 3.8) is 0 Å². The van der Waals surface area contributed by atoms with Gasteiger partial charge in [0.15, 0.2) is 0 Å². The summed E-state index contributed by atoms with van der Waals surface area (Å²) in [7, 11) is 1.94. The summed E-state index contributed by atoms with van der Waals surface area (Å²) in [4.78, 5) is 4.03. The molecule has 0 saturated heterocycles. The molecule has 1 aromatic rings. The first-order chi connectivity index (χ1) is 5.22. The van der Waals surface area contributed by atoms with Crippen LogP contribution >= 0.6 is 0 Å². The molecule has 1 unspecified atom stereocenters. The normalized spacial score (nSPS) is 13.4. The summed E-state index contributed by atoms with van der Waals surface area (Å²) in [5.74, 6) is 0.827. The highest BCUT2D eigenvalue weighted by Crippen LogP contribution is 1.89. The van der Waals surface area contributed by atoms with Crippen LogP contribution in [0.25, 0.3) is 0 Å². The molecule has 0 aliphatic heterocycles. The Morgan fingerprint density at radius 2 is 2.45 bits per heavy atom. The van der Waals surface area contributed by atoms with Gasteiger partial charge in [-0.15, -0.1) is 0 Å². The van der Waals surface area contributed by atoms with Crippen LogP contribution in [-0.2, 0) is 6.54 Å². The van der Waals surface area contributed by atoms with Crippen molar-refractivity contribution in [1.29, 1.82) is 0 Å². The summed E-state index contributed by atoms with van der Waals surface area (Å²) in [5, 5.41) is 7.30. The van der Waals surface area contributed by atoms with Gasteiger partial charge < -0.3 is 5.32 Å². The predicted octanol–water partition coefficient (Wildman–Crippen LogP) is 0.194. The Labute approximate surface area is 66.6 Å². The van der Waals surface area contributed by atoms with E-state index in [-0.39, 0.29) is 0 Å². The summed E-state index contributed by atoms with van der Waals surface area (Å²) in [6.07, 6.45) is 1.75. The second-order valence-corrected chi connectivity index (χ2v) is 2.70. The molecular weight excluding hydrogens is 140 g/mol. The minimum atomic E-state index is 0.441. The van der Waals surface area contributed by atoms with Crippen molar-refractivity contribution < 1.29 is 0 Å². The first-order valence-corrected chi connectivity index (χ1v) is 3.75. The van der Waals surface area contributed by atoms with E-state index < -0.39 is 0 Å². The molecule has 0 aliphatic rings. The van der Waals surface area contributed by atoms with Gasteiger partial charge in [-0.25, -0.2) is 4.98 Å². The molecule has 11 heavy (non-hydrogen) atoms. The first kappa shape index (κ1) is 8.20. The van der Waals surface area contributed by atoms with E-state index in [1.165, 1.54) is 0 Å². The summed E-state index contributed by atoms with van der Waals surface area (Å²) in [5.41, 5.74) is 0. The van der Waals surface area contributed by atoms with Crippen molar-refractivity contribution in [1.82, 2.24) is 20.1 Å². The predicted molar refractivity (Wildman–Crippen MR) is 43.3 cm³/mol. The molecule has 0 bridgehead atoms. The van der Waals surface area contributed by atoms with Gasteiger partial charge in [-0.05, 0) is 20.9 Å². The van der Waals surface area contributed by atoms with E-state index in [1.54, 1.807) is 6.33 Å². The van der Waals surface area contributed by atoms with Crippen molar-refractivity contribution >= 4 is 0 Å². The van der Waals surface area contributed by atoms with Gasteiger partial charge in [-0.1, -0.05) is 0 Å². The smallest absolute Gasteiger partial charge is 0.147 e. The van der Waals surface area contributed by atoms with Crippen LogP contribution in [0.2, 0.25) is 0 Å². The van der Waals surface area contributed by atoms with E-state index in [2.05, 4.69) is 22.3 Å². The van der Waals surface area contributed by atoms with Gasteiger partial charge in [0, 0.05) is 6.04 Å². The van der Waals surface area contributed by atoms with Crippen LogP contribution in [0.15, 0.2) is 6.33 Å². The Morgan fingerprint density at radius 1 is 1.73 bits per heavy atom. The molecule has 1 rings (SSSR count). The third kappa shape index (κ3) is 2.31. The average molecular weight is 154 g/mol. The number of aromatic nitrogens is 3. The zero-order chi connectivity index (χ0) is 8.27. The highest BCUT2D eigenvalue weighted by atomic mass is 15.3. The van der Waals surface area contributed by atoms with Crippen molar-refractivity contribution in [3.05, 3.63) is 12.2 Å². The quantitative estimate of drug-likeness (QED) is 0.676. The Kier molecular flexibility index (Phi) is 2.59. The number of nitrogens with one attached hydrogen (secondary N) is 1. The minimum Gasteiger partial charge on any atom is -0.315 e. The van der Waals surface area contributed by atoms with Crippen LogP contribution in [0.5, 0.6) is 0 Å². The standard InChI is InChI=1S/C7H14N4/c1-6(8-3)4-11-5-9-7(2)10-11/h5-6,8H,4H2,1-3H3. The number of aryl methyl sites for hydroxylation is 1. The van der Waals surface area contributed by atoms with Gasteiger partial charge in [0.25, 0.3) is 0 Å². The summed E-state index contributed by atoms with van der Waals surface area (Å²) < 4.78 is 1.84. The van der Waals surface area contributed by atoms with Crippen molar-refractivity contribution in [2.24, 2.45) is 0 Å². The second-order valence-electron chi connectivity index (χ2n) is 2.70. The molecule has 0 amide bonds. The maximum atomic E-state index is 4.16. The van der Waals surface area contributed by atoms with Crippen molar-refractivity contribution in [3.8, 4) is 0 Å².